The number of ether oxygens (including phenoxy) is 4. The van der Waals surface area contributed by atoms with E-state index in [0.29, 0.717) is 16.9 Å². The molecule has 0 radical (unpaired) electrons. The van der Waals surface area contributed by atoms with Crippen molar-refractivity contribution in [2.45, 2.75) is 176 Å². The van der Waals surface area contributed by atoms with Crippen LogP contribution < -0.4 is 17.5 Å². The summed E-state index contributed by atoms with van der Waals surface area (Å²) in [5.41, 5.74) is -2.03. The summed E-state index contributed by atoms with van der Waals surface area (Å²) in [4.78, 5) is 53.0. The number of aryl methyl sites for hydroxylation is 6. The van der Waals surface area contributed by atoms with Crippen LogP contribution in [0.15, 0.2) is 200 Å². The average molecular weight is 2400 g/mol. The fourth-order valence-electron chi connectivity index (χ4n) is 15.3. The van der Waals surface area contributed by atoms with Gasteiger partial charge < -0.3 is 37.4 Å². The van der Waals surface area contributed by atoms with Gasteiger partial charge in [-0.15, -0.1) is 22.7 Å². The topological polar surface area (TPSA) is 347 Å². The quantitative estimate of drug-likeness (QED) is 0.0121. The Balaban J connectivity index is 0.000000174. The van der Waals surface area contributed by atoms with Gasteiger partial charge in [-0.25, -0.2) is 34.5 Å². The van der Waals surface area contributed by atoms with Crippen LogP contribution in [0.3, 0.4) is 0 Å². The van der Waals surface area contributed by atoms with Crippen LogP contribution in [0, 0.1) is 13.8 Å². The van der Waals surface area contributed by atoms with Crippen LogP contribution in [0.1, 0.15) is 149 Å². The smallest absolute Gasteiger partial charge is 0.464 e. The minimum Gasteiger partial charge on any atom is -0.464 e. The van der Waals surface area contributed by atoms with Gasteiger partial charge in [-0.3, -0.25) is 14.0 Å². The molecule has 2 N–H and O–H groups in total. The summed E-state index contributed by atoms with van der Waals surface area (Å²) in [6, 6.07) is 50.5. The van der Waals surface area contributed by atoms with Crippen molar-refractivity contribution in [3.8, 4) is 56.0 Å². The molecule has 0 unspecified atom stereocenters. The number of hydrogen-bond acceptors (Lipinski definition) is 26. The Morgan fingerprint density at radius 3 is 1.17 bits per heavy atom. The van der Waals surface area contributed by atoms with E-state index in [1.807, 2.05) is 111 Å². The first-order valence-corrected chi connectivity index (χ1v) is 60.1. The summed E-state index contributed by atoms with van der Waals surface area (Å²) in [6.07, 6.45) is 12.1. The standard InChI is InChI=1S/C30H29F3N4O6S2.C17H19BrF3NO6S2.C13H10BrN3.C13H10N3.C8H9BN2O2.C5H3Br2N.3C4H9.Sn/c1-7-41-28(38)25(42-29(3,4)5)23-16(2)13-21-26(24(23)43-45(39,40)30(31,32)33)44-27(36-21)20-10-8-9-19(35-20)17-11-12-22-18(14-17)15-34-37(22)6;1-6-26-14(23)12(27-16(3,4)5)10-8(2)7-9-13(29-15(18)22-9)11(10)28-30(24,25)17(19,20)21;1-17-12-6-5-9(7-10(12)8-15-17)11-3-2-4-13(14)16-11;1-16-13-6-5-10(8-11(13)9-15-16)12-4-2-3-7-14-12;1-11-8-3-2-7(9(12)13)4-6(8)5-10-11;6-4-2-1-3-5(7)8-4;3*1-3-4-2;/h8-15,25H,7H2,1-6H3;7,12H,6H2,1-5H3;2-8H,1H3;2-6,8-9H,1H3;2-5,12-13H,1H3;1-3H;3*1,3-4H2,2H3;/t25-;12-;;;;;;;;/m00......../s1. The van der Waals surface area contributed by atoms with Crippen molar-refractivity contribution in [2.75, 3.05) is 13.2 Å². The summed E-state index contributed by atoms with van der Waals surface area (Å²) in [7, 11) is -5.98. The molecule has 10 heterocycles. The molecule has 10 aromatic heterocycles. The van der Waals surface area contributed by atoms with Gasteiger partial charge in [0, 0.05) is 59.6 Å². The van der Waals surface area contributed by atoms with E-state index in [-0.39, 0.29) is 64.8 Å². The molecule has 754 valence electrons. The van der Waals surface area contributed by atoms with Gasteiger partial charge in [0.2, 0.25) is 0 Å². The molecule has 2 atom stereocenters. The fourth-order valence-corrected chi connectivity index (χ4v) is 35.6. The second kappa shape index (κ2) is 48.5. The van der Waals surface area contributed by atoms with Gasteiger partial charge in [0.1, 0.15) is 18.8 Å². The maximum absolute atomic E-state index is 13.6. The Kier molecular flexibility index (Phi) is 38.4. The van der Waals surface area contributed by atoms with Crippen LogP contribution in [-0.2, 0) is 77.0 Å². The molecule has 0 fully saturated rings. The molecular weight excluding hydrogens is 2290 g/mol. The number of halogens is 10. The van der Waals surface area contributed by atoms with Crippen molar-refractivity contribution >= 4 is 217 Å². The third-order valence-corrected chi connectivity index (χ3v) is 43.0. The number of unbranched alkanes of at least 4 members (excludes halogenated alkanes) is 3. The first-order chi connectivity index (χ1) is 66.9. The molecule has 0 amide bonds. The van der Waals surface area contributed by atoms with Gasteiger partial charge >= 0.3 is 232 Å². The van der Waals surface area contributed by atoms with Crippen LogP contribution in [0.5, 0.6) is 11.5 Å². The monoisotopic (exact) mass is 2390 g/mol. The van der Waals surface area contributed by atoms with Crippen molar-refractivity contribution in [2.24, 2.45) is 28.2 Å². The zero-order chi connectivity index (χ0) is 104. The summed E-state index contributed by atoms with van der Waals surface area (Å²) in [6.45, 7) is 22.8. The minimum atomic E-state index is -6.16. The van der Waals surface area contributed by atoms with Crippen molar-refractivity contribution in [1.82, 2.24) is 69.0 Å². The molecular formula is C98H107BBr4F6N14O14S4Sn. The molecule has 16 aromatic rings. The second-order valence-electron chi connectivity index (χ2n) is 34.9. The number of carbonyl (C=O) groups excluding carboxylic acids is 2. The van der Waals surface area contributed by atoms with Gasteiger partial charge in [0.05, 0.1) is 97.1 Å². The number of rotatable bonds is 27. The van der Waals surface area contributed by atoms with Crippen LogP contribution in [0.2, 0.25) is 13.3 Å². The number of thiazole rings is 2. The number of fused-ring (bicyclic) bond motifs is 6. The van der Waals surface area contributed by atoms with Gasteiger partial charge in [-0.05, 0) is 228 Å². The molecule has 142 heavy (non-hydrogen) atoms. The zero-order valence-electron chi connectivity index (χ0n) is 80.8. The van der Waals surface area contributed by atoms with Crippen LogP contribution in [0.25, 0.3) is 109 Å². The van der Waals surface area contributed by atoms with E-state index in [0.717, 1.165) is 91.7 Å². The fraction of sp³-hybridized carbons (Fsp3) is 0.347. The summed E-state index contributed by atoms with van der Waals surface area (Å²) in [5.74, 6) is -3.21. The molecule has 0 aliphatic rings. The van der Waals surface area contributed by atoms with E-state index in [2.05, 4.69) is 184 Å². The number of aromatic nitrogens is 14. The molecule has 44 heteroatoms. The number of hydrogen-bond donors (Lipinski definition) is 2. The van der Waals surface area contributed by atoms with Gasteiger partial charge in [-0.2, -0.15) is 58.5 Å². The Bertz CT molecular complexity index is 7370. The van der Waals surface area contributed by atoms with E-state index >= 15 is 0 Å². The molecule has 0 bridgehead atoms. The number of alkyl halides is 6. The van der Waals surface area contributed by atoms with E-state index in [1.54, 1.807) is 107 Å². The van der Waals surface area contributed by atoms with Crippen molar-refractivity contribution in [1.29, 1.82) is 0 Å². The molecule has 0 saturated heterocycles. The van der Waals surface area contributed by atoms with Gasteiger partial charge in [0.25, 0.3) is 0 Å². The predicted molar refractivity (Wildman–Crippen MR) is 561 cm³/mol. The first kappa shape index (κ1) is 113. The second-order valence-corrected chi connectivity index (χ2v) is 56.7. The number of nitrogens with zero attached hydrogens (tertiary/aromatic N) is 14. The third kappa shape index (κ3) is 28.7. The van der Waals surface area contributed by atoms with Crippen LogP contribution in [-0.4, -0.2) is 169 Å². The number of esters is 2. The zero-order valence-corrected chi connectivity index (χ0v) is 93.3. The molecule has 6 aromatic carbocycles. The Labute approximate surface area is 864 Å². The number of benzene rings is 6. The van der Waals surface area contributed by atoms with Crippen LogP contribution >= 0.6 is 86.4 Å². The maximum atomic E-state index is 13.6. The summed E-state index contributed by atoms with van der Waals surface area (Å²) in [5, 5.41) is 39.2. The first-order valence-electron chi connectivity index (χ1n) is 45.0. The molecule has 0 aliphatic carbocycles. The summed E-state index contributed by atoms with van der Waals surface area (Å²) < 4.78 is 176. The van der Waals surface area contributed by atoms with Crippen LogP contribution in [0.4, 0.5) is 26.3 Å². The van der Waals surface area contributed by atoms with Crippen molar-refractivity contribution in [3.63, 3.8) is 0 Å². The maximum Gasteiger partial charge on any atom is 0.534 e. The Morgan fingerprint density at radius 2 is 0.796 bits per heavy atom. The normalized spacial score (nSPS) is 12.5. The number of carbonyl (C=O) groups is 2. The molecule has 0 aliphatic heterocycles. The minimum absolute atomic E-state index is 0.00195. The third-order valence-electron chi connectivity index (χ3n) is 22.0. The number of pyridine rings is 4. The molecule has 0 spiro atoms. The van der Waals surface area contributed by atoms with E-state index in [4.69, 9.17) is 43.1 Å². The average Bonchev–Trinajstić information content (AvgIpc) is 1.56. The van der Waals surface area contributed by atoms with E-state index in [1.165, 1.54) is 98.0 Å². The summed E-state index contributed by atoms with van der Waals surface area (Å²) >= 11 is 12.2. The van der Waals surface area contributed by atoms with E-state index in [9.17, 15) is 52.8 Å². The molecule has 0 saturated carbocycles. The molecule has 16 rings (SSSR count). The van der Waals surface area contributed by atoms with E-state index < -0.39 is 104 Å². The Hall–Kier alpha value is -9.78. The van der Waals surface area contributed by atoms with Crippen molar-refractivity contribution in [3.05, 3.63) is 222 Å². The SMILES string of the molecule is Brc1cccc(Br)n1.CCC[CH2][Sn]([CH2]CCC)([CH2]CCC)[c]1cccc(-c2ccc3c(cnn3C)c2)n1.CCOC(=O)[C@@H](OC(C)(C)C)c1c(C)cc2nc(-c3cccc(-c4ccc5c(cnn5C)c4)n3)sc2c1OS(=O)(=O)C(F)(F)F.CCOC(=O)[C@@H](OC(C)(C)C)c1c(C)cc2nc(Br)sc2c1OS(=O)(=O)C(F)(F)F.Cn1ncc2cc(-c3cccc(Br)n3)ccc21.Cn1ncc2cc(B(O)O)ccc21. The van der Waals surface area contributed by atoms with Crippen molar-refractivity contribution < 1.29 is 90.1 Å². The van der Waals surface area contributed by atoms with Gasteiger partial charge in [0.15, 0.2) is 27.6 Å². The molecule has 28 nitrogen and oxygen atoms in total. The predicted octanol–water partition coefficient (Wildman–Crippen LogP) is 23.8. The largest absolute Gasteiger partial charge is 0.534 e. The Morgan fingerprint density at radius 1 is 0.444 bits per heavy atom. The van der Waals surface area contributed by atoms with Gasteiger partial charge in [-0.1, -0.05) is 42.5 Å².